The summed E-state index contributed by atoms with van der Waals surface area (Å²) >= 11 is 1.71. The molecule has 7 aromatic rings. The minimum atomic E-state index is -2.52. The van der Waals surface area contributed by atoms with Crippen molar-refractivity contribution in [2.45, 2.75) is 163 Å². The van der Waals surface area contributed by atoms with Crippen LogP contribution in [0.5, 0.6) is 0 Å². The summed E-state index contributed by atoms with van der Waals surface area (Å²) < 4.78 is 66.6. The first kappa shape index (κ1) is 38.9. The zero-order chi connectivity index (χ0) is 53.9. The largest absolute Gasteiger partial charge is 0.310 e. The molecule has 0 amide bonds. The van der Waals surface area contributed by atoms with E-state index in [1.165, 1.54) is 21.4 Å². The number of thiophene rings is 1. The van der Waals surface area contributed by atoms with Gasteiger partial charge in [-0.3, -0.25) is 0 Å². The van der Waals surface area contributed by atoms with E-state index in [0.29, 0.717) is 28.2 Å². The highest BCUT2D eigenvalue weighted by Gasteiger charge is 2.38. The third-order valence-corrected chi connectivity index (χ3v) is 14.8. The maximum atomic E-state index is 9.68. The van der Waals surface area contributed by atoms with Crippen LogP contribution in [0.3, 0.4) is 0 Å². The molecule has 1 aliphatic rings. The van der Waals surface area contributed by atoms with Gasteiger partial charge in [0.2, 0.25) is 0 Å². The summed E-state index contributed by atoms with van der Waals surface area (Å²) in [6, 6.07) is 33.1. The van der Waals surface area contributed by atoms with Crippen LogP contribution in [-0.4, -0.2) is 0 Å². The minimum Gasteiger partial charge on any atom is -0.310 e. The summed E-state index contributed by atoms with van der Waals surface area (Å²) in [6.07, 6.45) is 2.17. The van der Waals surface area contributed by atoms with Crippen LogP contribution in [0.25, 0.3) is 21.2 Å². The van der Waals surface area contributed by atoms with Crippen LogP contribution in [-0.2, 0) is 32.5 Å². The second kappa shape index (κ2) is 16.6. The van der Waals surface area contributed by atoms with Gasteiger partial charge >= 0.3 is 0 Å². The van der Waals surface area contributed by atoms with E-state index in [2.05, 4.69) is 173 Å². The molecule has 0 spiro atoms. The van der Waals surface area contributed by atoms with Crippen molar-refractivity contribution in [3.63, 3.8) is 0 Å². The van der Waals surface area contributed by atoms with Gasteiger partial charge in [0.25, 0.3) is 0 Å². The number of hydrogen-bond donors (Lipinski definition) is 0. The lowest BCUT2D eigenvalue weighted by atomic mass is 9.63. The van der Waals surface area contributed by atoms with Crippen LogP contribution in [0.4, 0.5) is 34.1 Å². The number of fused-ring (bicyclic) bond motifs is 2. The molecule has 344 valence electrons. The number of anilines is 6. The van der Waals surface area contributed by atoms with Crippen molar-refractivity contribution < 1.29 is 9.60 Å². The van der Waals surface area contributed by atoms with Gasteiger partial charge in [-0.25, -0.2) is 0 Å². The minimum absolute atomic E-state index is 0.0215. The number of rotatable bonds is 7. The van der Waals surface area contributed by atoms with E-state index in [1.807, 2.05) is 37.8 Å². The summed E-state index contributed by atoms with van der Waals surface area (Å²) in [5, 5.41) is 3.32. The Bertz CT molecular complexity index is 3210. The van der Waals surface area contributed by atoms with Gasteiger partial charge in [0, 0.05) is 47.9 Å². The second-order valence-corrected chi connectivity index (χ2v) is 25.2. The number of aryl methyl sites for hydroxylation is 1. The molecule has 8 rings (SSSR count). The van der Waals surface area contributed by atoms with Gasteiger partial charge in [-0.15, -0.1) is 11.3 Å². The zero-order valence-corrected chi connectivity index (χ0v) is 43.3. The standard InChI is InChI=1S/C63H76N2S/c1-41-34-49(64(47-27-22-44(23-28-47)59(5,6)7)55-31-26-46(61(11,12)13)36-51(55)42-18-20-43(21-19-42)58(2,3)4)37-50(35-41)65(48-29-24-45(25-30-48)60(8,9)10)56-40-66-57-39-54-53(38-52(56)57)62(14,15)32-33-63(54,16)17/h18-31,34-40H,32-33H2,1-17H3/i1D3,18D,19D,20D,21D. The van der Waals surface area contributed by atoms with E-state index in [9.17, 15) is 5.48 Å². The maximum Gasteiger partial charge on any atom is 0.0647 e. The van der Waals surface area contributed by atoms with Crippen LogP contribution in [0.1, 0.15) is 172 Å². The van der Waals surface area contributed by atoms with Crippen molar-refractivity contribution in [2.75, 3.05) is 9.80 Å². The van der Waals surface area contributed by atoms with Crippen LogP contribution in [0, 0.1) is 6.85 Å². The molecule has 0 unspecified atom stereocenters. The third-order valence-electron chi connectivity index (χ3n) is 13.9. The van der Waals surface area contributed by atoms with E-state index in [-0.39, 0.29) is 62.4 Å². The van der Waals surface area contributed by atoms with Gasteiger partial charge < -0.3 is 9.80 Å². The predicted octanol–water partition coefficient (Wildman–Crippen LogP) is 19.4. The number of hydrogen-bond acceptors (Lipinski definition) is 3. The van der Waals surface area contributed by atoms with Crippen molar-refractivity contribution in [3.8, 4) is 11.1 Å². The molecule has 0 N–H and O–H groups in total. The van der Waals surface area contributed by atoms with Gasteiger partial charge in [0.1, 0.15) is 0 Å². The van der Waals surface area contributed by atoms with Crippen molar-refractivity contribution in [1.82, 2.24) is 0 Å². The molecule has 2 nitrogen and oxygen atoms in total. The molecule has 0 fully saturated rings. The smallest absolute Gasteiger partial charge is 0.0647 e. The molecule has 0 atom stereocenters. The highest BCUT2D eigenvalue weighted by atomic mass is 32.1. The quantitative estimate of drug-likeness (QED) is 0.157. The average molecular weight is 900 g/mol. The molecule has 0 radical (unpaired) electrons. The van der Waals surface area contributed by atoms with Crippen LogP contribution >= 0.6 is 11.3 Å². The molecule has 0 saturated carbocycles. The Morgan fingerprint density at radius 3 is 1.41 bits per heavy atom. The molecular formula is C63H76N2S. The number of benzene rings is 6. The normalized spacial score (nSPS) is 16.9. The Morgan fingerprint density at radius 1 is 0.485 bits per heavy atom. The van der Waals surface area contributed by atoms with Gasteiger partial charge in [0.15, 0.2) is 0 Å². The first-order chi connectivity index (χ1) is 33.5. The Hall–Kier alpha value is -5.12. The van der Waals surface area contributed by atoms with E-state index >= 15 is 0 Å². The van der Waals surface area contributed by atoms with Crippen LogP contribution in [0.15, 0.2) is 127 Å². The van der Waals surface area contributed by atoms with E-state index in [4.69, 9.17) is 4.11 Å². The van der Waals surface area contributed by atoms with Crippen LogP contribution < -0.4 is 9.80 Å². The molecule has 0 aliphatic heterocycles. The maximum absolute atomic E-state index is 9.68. The lowest BCUT2D eigenvalue weighted by Crippen LogP contribution is -2.33. The summed E-state index contributed by atoms with van der Waals surface area (Å²) in [4.78, 5) is 4.26. The number of nitrogens with zero attached hydrogens (tertiary/aromatic N) is 2. The Labute approximate surface area is 413 Å². The molecule has 66 heavy (non-hydrogen) atoms. The third kappa shape index (κ3) is 9.27. The fourth-order valence-electron chi connectivity index (χ4n) is 9.40. The SMILES string of the molecule is [2H]c1c([2H])c(C(C)(C)C)c([2H])c([2H])c1-c1cc(C(C)(C)C)ccc1N(c1ccc(C(C)(C)C)cc1)c1cc(N(c2ccc(C(C)(C)C)cc2)c2csc3cc4c(cc23)C(C)(C)CCC4(C)C)cc(C([2H])([2H])[2H])c1. The van der Waals surface area contributed by atoms with E-state index < -0.39 is 12.3 Å². The Morgan fingerprint density at radius 2 is 0.939 bits per heavy atom. The van der Waals surface area contributed by atoms with Gasteiger partial charge in [-0.2, -0.15) is 0 Å². The fourth-order valence-corrected chi connectivity index (χ4v) is 10.3. The van der Waals surface area contributed by atoms with Crippen LogP contribution in [0.2, 0.25) is 0 Å². The lowest BCUT2D eigenvalue weighted by Gasteiger charge is -2.42. The molecule has 1 aromatic heterocycles. The lowest BCUT2D eigenvalue weighted by molar-refractivity contribution is 0.332. The Kier molecular flexibility index (Phi) is 9.78. The highest BCUT2D eigenvalue weighted by Crippen LogP contribution is 2.52. The molecule has 1 heterocycles. The molecule has 0 saturated heterocycles. The van der Waals surface area contributed by atoms with Gasteiger partial charge in [0.05, 0.1) is 16.9 Å². The fraction of sp³-hybridized carbons (Fsp3) is 0.397. The zero-order valence-electron chi connectivity index (χ0n) is 49.5. The summed E-state index contributed by atoms with van der Waals surface area (Å²) in [7, 11) is 0. The molecular weight excluding hydrogens is 817 g/mol. The van der Waals surface area contributed by atoms with Crippen molar-refractivity contribution in [3.05, 3.63) is 166 Å². The predicted molar refractivity (Wildman–Crippen MR) is 291 cm³/mol. The van der Waals surface area contributed by atoms with Crippen molar-refractivity contribution in [2.24, 2.45) is 0 Å². The summed E-state index contributed by atoms with van der Waals surface area (Å²) in [5.74, 6) is 0. The first-order valence-corrected chi connectivity index (χ1v) is 24.7. The highest BCUT2D eigenvalue weighted by molar-refractivity contribution is 7.17. The van der Waals surface area contributed by atoms with Gasteiger partial charge in [-0.1, -0.05) is 165 Å². The molecule has 0 bridgehead atoms. The monoisotopic (exact) mass is 900 g/mol. The van der Waals surface area contributed by atoms with E-state index in [1.54, 1.807) is 23.5 Å². The molecule has 1 aliphatic carbocycles. The average Bonchev–Trinajstić information content (AvgIpc) is 3.69. The first-order valence-electron chi connectivity index (χ1n) is 27.3. The molecule has 3 heteroatoms. The Balaban J connectivity index is 1.49. The molecule has 6 aromatic carbocycles. The van der Waals surface area contributed by atoms with Gasteiger partial charge in [-0.05, 0) is 163 Å². The summed E-state index contributed by atoms with van der Waals surface area (Å²) in [6.45, 7) is 32.1. The second-order valence-electron chi connectivity index (χ2n) is 24.3. The summed E-state index contributed by atoms with van der Waals surface area (Å²) in [5.41, 5.74) is 10.3. The van der Waals surface area contributed by atoms with Crippen molar-refractivity contribution >= 4 is 55.5 Å². The topological polar surface area (TPSA) is 6.48 Å². The van der Waals surface area contributed by atoms with E-state index in [0.717, 1.165) is 46.4 Å². The van der Waals surface area contributed by atoms with Crippen molar-refractivity contribution in [1.29, 1.82) is 0 Å².